The first-order valence-electron chi connectivity index (χ1n) is 12.8. The highest BCUT2D eigenvalue weighted by atomic mass is 19.1. The van der Waals surface area contributed by atoms with E-state index < -0.39 is 11.6 Å². The molecule has 2 atom stereocenters. The number of carbonyl (C=O) groups excluding carboxylic acids is 1. The maximum absolute atomic E-state index is 14.7. The van der Waals surface area contributed by atoms with Crippen LogP contribution in [0.2, 0.25) is 0 Å². The monoisotopic (exact) mass is 491 g/mol. The van der Waals surface area contributed by atoms with E-state index in [9.17, 15) is 19.1 Å². The molecule has 1 saturated heterocycles. The largest absolute Gasteiger partial charge is 0.458 e. The van der Waals surface area contributed by atoms with E-state index in [1.807, 2.05) is 6.07 Å². The molecule has 0 spiro atoms. The maximum Gasteiger partial charge on any atom is 0.343 e. The van der Waals surface area contributed by atoms with E-state index in [-0.39, 0.29) is 36.0 Å². The Hall–Kier alpha value is -3.10. The first-order chi connectivity index (χ1) is 17.2. The number of ether oxygens (including phenoxy) is 1. The van der Waals surface area contributed by atoms with E-state index >= 15 is 0 Å². The number of aromatic nitrogens is 2. The molecule has 1 aromatic carbocycles. The number of esters is 1. The molecule has 8 heteroatoms. The normalized spacial score (nSPS) is 22.2. The van der Waals surface area contributed by atoms with Crippen LogP contribution in [0.1, 0.15) is 73.4 Å². The molecule has 3 aliphatic rings. The number of hydrogen-bond donors (Lipinski definition) is 1. The standard InChI is InChI=1S/C28H30FN3O4/c1-4-28(35)20-11-23-25-18(13-32(23)26(33)19(20)14-36-27(28)34)24(16(3)31-8-6-5-7-9-31)17-10-15(2)21(29)12-22(17)30-25/h10-12,16,35H,4-9,13-14H2,1-3H3/t16-,28+/m1/s1. The Morgan fingerprint density at radius 2 is 1.92 bits per heavy atom. The number of rotatable bonds is 3. The fourth-order valence-corrected chi connectivity index (χ4v) is 6.21. The number of fused-ring (bicyclic) bond motifs is 5. The number of benzene rings is 1. The van der Waals surface area contributed by atoms with E-state index in [2.05, 4.69) is 11.8 Å². The average Bonchev–Trinajstić information content (AvgIpc) is 3.24. The number of carbonyl (C=O) groups is 1. The van der Waals surface area contributed by atoms with Gasteiger partial charge in [0.1, 0.15) is 12.4 Å². The van der Waals surface area contributed by atoms with Gasteiger partial charge in [-0.2, -0.15) is 0 Å². The van der Waals surface area contributed by atoms with Crippen molar-refractivity contribution >= 4 is 16.9 Å². The molecule has 36 heavy (non-hydrogen) atoms. The predicted octanol–water partition coefficient (Wildman–Crippen LogP) is 4.07. The predicted molar refractivity (Wildman–Crippen MR) is 133 cm³/mol. The molecular formula is C28H30FN3O4. The Labute approximate surface area is 208 Å². The molecule has 2 aromatic heterocycles. The van der Waals surface area contributed by atoms with Gasteiger partial charge in [0.05, 0.1) is 29.0 Å². The molecule has 7 nitrogen and oxygen atoms in total. The van der Waals surface area contributed by atoms with Gasteiger partial charge in [-0.3, -0.25) is 9.69 Å². The van der Waals surface area contributed by atoms with Crippen molar-refractivity contribution in [3.05, 3.63) is 62.2 Å². The number of aliphatic hydroxyl groups is 1. The van der Waals surface area contributed by atoms with Gasteiger partial charge < -0.3 is 14.4 Å². The molecule has 1 N–H and O–H groups in total. The number of likely N-dealkylation sites (tertiary alicyclic amines) is 1. The molecule has 0 radical (unpaired) electrons. The molecule has 6 rings (SSSR count). The minimum Gasteiger partial charge on any atom is -0.458 e. The van der Waals surface area contributed by atoms with Gasteiger partial charge in [0.2, 0.25) is 0 Å². The number of aryl methyl sites for hydroxylation is 1. The van der Waals surface area contributed by atoms with E-state index in [4.69, 9.17) is 9.72 Å². The second-order valence-corrected chi connectivity index (χ2v) is 10.3. The highest BCUT2D eigenvalue weighted by Gasteiger charge is 2.45. The molecule has 188 valence electrons. The third kappa shape index (κ3) is 3.20. The van der Waals surface area contributed by atoms with Crippen LogP contribution in [0.25, 0.3) is 22.3 Å². The zero-order valence-corrected chi connectivity index (χ0v) is 20.9. The zero-order chi connectivity index (χ0) is 25.4. The van der Waals surface area contributed by atoms with Crippen LogP contribution >= 0.6 is 0 Å². The van der Waals surface area contributed by atoms with Crippen LogP contribution in [0.4, 0.5) is 4.39 Å². The van der Waals surface area contributed by atoms with Crippen LogP contribution in [0.5, 0.6) is 0 Å². The summed E-state index contributed by atoms with van der Waals surface area (Å²) in [7, 11) is 0. The topological polar surface area (TPSA) is 84.7 Å². The van der Waals surface area contributed by atoms with Crippen molar-refractivity contribution in [3.8, 4) is 11.4 Å². The van der Waals surface area contributed by atoms with E-state index in [1.54, 1.807) is 24.5 Å². The van der Waals surface area contributed by atoms with Crippen LogP contribution in [0.15, 0.2) is 23.0 Å². The highest BCUT2D eigenvalue weighted by Crippen LogP contribution is 2.43. The zero-order valence-electron chi connectivity index (χ0n) is 20.9. The van der Waals surface area contributed by atoms with Gasteiger partial charge in [0.25, 0.3) is 5.56 Å². The summed E-state index contributed by atoms with van der Waals surface area (Å²) in [6.07, 6.45) is 3.58. The summed E-state index contributed by atoms with van der Waals surface area (Å²) in [5, 5.41) is 12.1. The van der Waals surface area contributed by atoms with Gasteiger partial charge in [0, 0.05) is 28.6 Å². The Balaban J connectivity index is 1.63. The van der Waals surface area contributed by atoms with Crippen molar-refractivity contribution in [2.24, 2.45) is 0 Å². The quantitative estimate of drug-likeness (QED) is 0.435. The van der Waals surface area contributed by atoms with Crippen LogP contribution in [0.3, 0.4) is 0 Å². The van der Waals surface area contributed by atoms with Crippen LogP contribution in [-0.4, -0.2) is 38.6 Å². The van der Waals surface area contributed by atoms with E-state index in [0.717, 1.165) is 42.4 Å². The number of piperidine rings is 1. The van der Waals surface area contributed by atoms with Gasteiger partial charge in [-0.05, 0) is 69.5 Å². The summed E-state index contributed by atoms with van der Waals surface area (Å²) in [6, 6.07) is 5.11. The lowest BCUT2D eigenvalue weighted by Gasteiger charge is -2.34. The molecule has 1 fully saturated rings. The highest BCUT2D eigenvalue weighted by molar-refractivity contribution is 5.90. The van der Waals surface area contributed by atoms with Gasteiger partial charge in [-0.15, -0.1) is 0 Å². The van der Waals surface area contributed by atoms with Gasteiger partial charge in [-0.1, -0.05) is 13.3 Å². The molecule has 5 heterocycles. The maximum atomic E-state index is 14.7. The number of cyclic esters (lactones) is 1. The van der Waals surface area contributed by atoms with Crippen molar-refractivity contribution in [1.29, 1.82) is 0 Å². The molecule has 0 saturated carbocycles. The average molecular weight is 492 g/mol. The van der Waals surface area contributed by atoms with E-state index in [1.165, 1.54) is 12.5 Å². The Morgan fingerprint density at radius 3 is 2.64 bits per heavy atom. The molecule has 0 aliphatic carbocycles. The lowest BCUT2D eigenvalue weighted by Crippen LogP contribution is -2.44. The number of pyridine rings is 2. The lowest BCUT2D eigenvalue weighted by atomic mass is 9.86. The summed E-state index contributed by atoms with van der Waals surface area (Å²) in [5.74, 6) is -1.07. The van der Waals surface area contributed by atoms with Crippen molar-refractivity contribution in [1.82, 2.24) is 14.5 Å². The van der Waals surface area contributed by atoms with Gasteiger partial charge >= 0.3 is 5.97 Å². The number of halogens is 1. The van der Waals surface area contributed by atoms with E-state index in [0.29, 0.717) is 34.6 Å². The molecule has 0 bridgehead atoms. The summed E-state index contributed by atoms with van der Waals surface area (Å²) in [6.45, 7) is 7.77. The smallest absolute Gasteiger partial charge is 0.343 e. The minimum absolute atomic E-state index is 0.0616. The second-order valence-electron chi connectivity index (χ2n) is 10.3. The van der Waals surface area contributed by atoms with Gasteiger partial charge in [0.15, 0.2) is 5.60 Å². The number of nitrogens with zero attached hydrogens (tertiary/aromatic N) is 3. The lowest BCUT2D eigenvalue weighted by molar-refractivity contribution is -0.172. The third-order valence-electron chi connectivity index (χ3n) is 8.37. The Morgan fingerprint density at radius 1 is 1.17 bits per heavy atom. The molecule has 3 aliphatic heterocycles. The Bertz CT molecular complexity index is 1490. The first kappa shape index (κ1) is 23.3. The fraction of sp³-hybridized carbons (Fsp3) is 0.464. The molecule has 0 amide bonds. The first-order valence-corrected chi connectivity index (χ1v) is 12.8. The summed E-state index contributed by atoms with van der Waals surface area (Å²) in [4.78, 5) is 33.4. The number of hydrogen-bond acceptors (Lipinski definition) is 6. The Kier molecular flexibility index (Phi) is 5.32. The molecule has 3 aromatic rings. The second kappa shape index (κ2) is 8.21. The van der Waals surface area contributed by atoms with Crippen LogP contribution < -0.4 is 5.56 Å². The third-order valence-corrected chi connectivity index (χ3v) is 8.37. The molecule has 0 unspecified atom stereocenters. The van der Waals surface area contributed by atoms with Crippen LogP contribution in [-0.2, 0) is 28.3 Å². The minimum atomic E-state index is -1.88. The van der Waals surface area contributed by atoms with Gasteiger partial charge in [-0.25, -0.2) is 14.2 Å². The summed E-state index contributed by atoms with van der Waals surface area (Å²) >= 11 is 0. The molecular weight excluding hydrogens is 461 g/mol. The summed E-state index contributed by atoms with van der Waals surface area (Å²) in [5.41, 5.74) is 2.69. The van der Waals surface area contributed by atoms with Crippen LogP contribution in [0, 0.1) is 12.7 Å². The van der Waals surface area contributed by atoms with Crippen molar-refractivity contribution in [2.75, 3.05) is 13.1 Å². The van der Waals surface area contributed by atoms with Crippen molar-refractivity contribution < 1.29 is 19.0 Å². The summed E-state index contributed by atoms with van der Waals surface area (Å²) < 4.78 is 21.5. The van der Waals surface area contributed by atoms with Crippen molar-refractivity contribution in [2.45, 2.75) is 71.2 Å². The SMILES string of the molecule is CC[C@@]1(O)C(=O)OCc2c1cc1n(c2=O)Cc2c-1nc1cc(F)c(C)cc1c2[C@@H](C)N1CCCCC1. The van der Waals surface area contributed by atoms with Crippen molar-refractivity contribution in [3.63, 3.8) is 0 Å². The fourth-order valence-electron chi connectivity index (χ4n) is 6.21.